The molecule has 3 aliphatic rings. The van der Waals surface area contributed by atoms with Crippen LogP contribution >= 0.6 is 0 Å². The van der Waals surface area contributed by atoms with Gasteiger partial charge in [-0.3, -0.25) is 4.90 Å². The monoisotopic (exact) mass is 278 g/mol. The summed E-state index contributed by atoms with van der Waals surface area (Å²) in [5.74, 6) is 1.26. The summed E-state index contributed by atoms with van der Waals surface area (Å²) in [6, 6.07) is 0.591. The summed E-state index contributed by atoms with van der Waals surface area (Å²) < 4.78 is 11.4. The second-order valence-corrected chi connectivity index (χ2v) is 6.43. The molecule has 0 radical (unpaired) electrons. The van der Waals surface area contributed by atoms with E-state index in [0.717, 1.165) is 45.4 Å². The first-order chi connectivity index (χ1) is 9.74. The van der Waals surface area contributed by atoms with Crippen LogP contribution in [-0.4, -0.2) is 40.8 Å². The largest absolute Gasteiger partial charge is 0.367 e. The third-order valence-corrected chi connectivity index (χ3v) is 5.04. The van der Waals surface area contributed by atoms with Crippen molar-refractivity contribution in [3.8, 4) is 0 Å². The predicted octanol–water partition coefficient (Wildman–Crippen LogP) is 1.33. The number of ether oxygens (including phenoxy) is 1. The van der Waals surface area contributed by atoms with Crippen LogP contribution in [0.3, 0.4) is 0 Å². The number of aromatic nitrogens is 2. The highest BCUT2D eigenvalue weighted by Gasteiger charge is 2.39. The Labute approximate surface area is 118 Å². The molecule has 20 heavy (non-hydrogen) atoms. The van der Waals surface area contributed by atoms with Gasteiger partial charge in [0.2, 0.25) is 11.7 Å². The molecular weight excluding hydrogens is 256 g/mol. The zero-order valence-corrected chi connectivity index (χ0v) is 11.8. The van der Waals surface area contributed by atoms with Crippen molar-refractivity contribution in [1.82, 2.24) is 15.0 Å². The Bertz CT molecular complexity index is 483. The lowest BCUT2D eigenvalue weighted by atomic mass is 9.99. The van der Waals surface area contributed by atoms with Crippen molar-refractivity contribution in [3.05, 3.63) is 11.7 Å². The molecule has 6 heteroatoms. The van der Waals surface area contributed by atoms with Crippen LogP contribution in [0.25, 0.3) is 0 Å². The second-order valence-electron chi connectivity index (χ2n) is 6.43. The van der Waals surface area contributed by atoms with Crippen LogP contribution in [0.5, 0.6) is 0 Å². The molecule has 2 atom stereocenters. The Morgan fingerprint density at radius 3 is 2.95 bits per heavy atom. The van der Waals surface area contributed by atoms with Gasteiger partial charge in [-0.05, 0) is 32.2 Å². The van der Waals surface area contributed by atoms with Crippen molar-refractivity contribution in [2.45, 2.75) is 56.2 Å². The summed E-state index contributed by atoms with van der Waals surface area (Å²) in [6.07, 6.45) is 6.61. The van der Waals surface area contributed by atoms with Gasteiger partial charge in [0, 0.05) is 12.6 Å². The van der Waals surface area contributed by atoms with E-state index < -0.39 is 5.54 Å². The lowest BCUT2D eigenvalue weighted by Crippen LogP contribution is -2.42. The molecule has 2 N–H and O–H groups in total. The zero-order valence-electron chi connectivity index (χ0n) is 11.8. The first kappa shape index (κ1) is 12.7. The molecular formula is C14H22N4O2. The van der Waals surface area contributed by atoms with Crippen LogP contribution in [0.1, 0.15) is 56.3 Å². The minimum Gasteiger partial charge on any atom is -0.367 e. The molecule has 2 saturated heterocycles. The average molecular weight is 278 g/mol. The van der Waals surface area contributed by atoms with Gasteiger partial charge in [0.25, 0.3) is 0 Å². The van der Waals surface area contributed by atoms with E-state index >= 15 is 0 Å². The van der Waals surface area contributed by atoms with Crippen molar-refractivity contribution in [1.29, 1.82) is 0 Å². The summed E-state index contributed by atoms with van der Waals surface area (Å²) in [6.45, 7) is 2.82. The van der Waals surface area contributed by atoms with Crippen molar-refractivity contribution < 1.29 is 9.26 Å². The van der Waals surface area contributed by atoms with E-state index in [0.29, 0.717) is 17.8 Å². The summed E-state index contributed by atoms with van der Waals surface area (Å²) in [7, 11) is 0. The van der Waals surface area contributed by atoms with Gasteiger partial charge in [0.05, 0.1) is 12.1 Å². The van der Waals surface area contributed by atoms with E-state index in [1.54, 1.807) is 0 Å². The lowest BCUT2D eigenvalue weighted by Gasteiger charge is -2.33. The summed E-state index contributed by atoms with van der Waals surface area (Å²) in [5, 5.41) is 4.13. The molecule has 0 bridgehead atoms. The predicted molar refractivity (Wildman–Crippen MR) is 71.9 cm³/mol. The van der Waals surface area contributed by atoms with Crippen LogP contribution in [0.4, 0.5) is 0 Å². The molecule has 3 heterocycles. The van der Waals surface area contributed by atoms with Gasteiger partial charge in [0.1, 0.15) is 6.10 Å². The fourth-order valence-corrected chi connectivity index (χ4v) is 3.76. The highest BCUT2D eigenvalue weighted by molar-refractivity contribution is 5.06. The Morgan fingerprint density at radius 1 is 1.25 bits per heavy atom. The molecule has 1 aromatic heterocycles. The van der Waals surface area contributed by atoms with Crippen LogP contribution in [-0.2, 0) is 10.3 Å². The number of fused-ring (bicyclic) bond motifs is 1. The molecule has 110 valence electrons. The van der Waals surface area contributed by atoms with E-state index in [4.69, 9.17) is 15.0 Å². The maximum absolute atomic E-state index is 6.36. The Hall–Kier alpha value is -0.980. The van der Waals surface area contributed by atoms with Crippen LogP contribution in [0.15, 0.2) is 4.52 Å². The number of nitrogens with two attached hydrogens (primary N) is 1. The molecule has 1 aromatic rings. The van der Waals surface area contributed by atoms with E-state index in [9.17, 15) is 0 Å². The zero-order chi connectivity index (χ0) is 13.6. The van der Waals surface area contributed by atoms with Gasteiger partial charge in [-0.2, -0.15) is 4.98 Å². The molecule has 1 aliphatic carbocycles. The fraction of sp³-hybridized carbons (Fsp3) is 0.857. The van der Waals surface area contributed by atoms with Gasteiger partial charge in [-0.1, -0.05) is 18.0 Å². The van der Waals surface area contributed by atoms with E-state index in [1.165, 1.54) is 12.8 Å². The Balaban J connectivity index is 1.50. The molecule has 4 rings (SSSR count). The average Bonchev–Trinajstić information content (AvgIpc) is 3.18. The van der Waals surface area contributed by atoms with Gasteiger partial charge in [-0.15, -0.1) is 0 Å². The SMILES string of the molecule is NC1(c2nc(C3CN4CCCC4CO3)no2)CCCC1. The first-order valence-corrected chi connectivity index (χ1v) is 7.73. The molecule has 0 amide bonds. The van der Waals surface area contributed by atoms with Crippen LogP contribution in [0, 0.1) is 0 Å². The minimum absolute atomic E-state index is 0.0631. The Morgan fingerprint density at radius 2 is 2.10 bits per heavy atom. The molecule has 1 saturated carbocycles. The number of hydrogen-bond acceptors (Lipinski definition) is 6. The molecule has 0 spiro atoms. The molecule has 2 unspecified atom stereocenters. The van der Waals surface area contributed by atoms with Crippen molar-refractivity contribution >= 4 is 0 Å². The third-order valence-electron chi connectivity index (χ3n) is 5.04. The van der Waals surface area contributed by atoms with Crippen LogP contribution in [0.2, 0.25) is 0 Å². The quantitative estimate of drug-likeness (QED) is 0.879. The molecule has 6 nitrogen and oxygen atoms in total. The van der Waals surface area contributed by atoms with Crippen molar-refractivity contribution in [3.63, 3.8) is 0 Å². The van der Waals surface area contributed by atoms with E-state index in [1.807, 2.05) is 0 Å². The number of hydrogen-bond donors (Lipinski definition) is 1. The molecule has 3 fully saturated rings. The number of morpholine rings is 1. The number of nitrogens with zero attached hydrogens (tertiary/aromatic N) is 3. The lowest BCUT2D eigenvalue weighted by molar-refractivity contribution is -0.0548. The summed E-state index contributed by atoms with van der Waals surface area (Å²) >= 11 is 0. The topological polar surface area (TPSA) is 77.4 Å². The highest BCUT2D eigenvalue weighted by atomic mass is 16.5. The van der Waals surface area contributed by atoms with E-state index in [2.05, 4.69) is 15.0 Å². The number of rotatable bonds is 2. The Kier molecular flexibility index (Phi) is 3.05. The highest BCUT2D eigenvalue weighted by Crippen LogP contribution is 2.36. The standard InChI is InChI=1S/C14H22N4O2/c15-14(5-1-2-6-14)13-16-12(17-20-13)11-8-18-7-3-4-10(18)9-19-11/h10-11H,1-9,15H2. The molecule has 2 aliphatic heterocycles. The third kappa shape index (κ3) is 2.06. The summed E-state index contributed by atoms with van der Waals surface area (Å²) in [5.41, 5.74) is 5.95. The maximum Gasteiger partial charge on any atom is 0.246 e. The summed E-state index contributed by atoms with van der Waals surface area (Å²) in [4.78, 5) is 7.03. The normalized spacial score (nSPS) is 33.5. The fourth-order valence-electron chi connectivity index (χ4n) is 3.76. The van der Waals surface area contributed by atoms with Crippen molar-refractivity contribution in [2.24, 2.45) is 5.73 Å². The van der Waals surface area contributed by atoms with E-state index in [-0.39, 0.29) is 6.10 Å². The van der Waals surface area contributed by atoms with Crippen LogP contribution < -0.4 is 5.73 Å². The smallest absolute Gasteiger partial charge is 0.246 e. The second kappa shape index (κ2) is 4.79. The van der Waals surface area contributed by atoms with Gasteiger partial charge >= 0.3 is 0 Å². The van der Waals surface area contributed by atoms with Gasteiger partial charge in [-0.25, -0.2) is 0 Å². The minimum atomic E-state index is -0.407. The van der Waals surface area contributed by atoms with Gasteiger partial charge < -0.3 is 15.0 Å². The first-order valence-electron chi connectivity index (χ1n) is 7.73. The maximum atomic E-state index is 6.36. The van der Waals surface area contributed by atoms with Gasteiger partial charge in [0.15, 0.2) is 0 Å². The molecule has 0 aromatic carbocycles. The van der Waals surface area contributed by atoms with Crippen molar-refractivity contribution in [2.75, 3.05) is 19.7 Å².